The van der Waals surface area contributed by atoms with Crippen LogP contribution in [0.3, 0.4) is 0 Å². The minimum atomic E-state index is -0.644. The van der Waals surface area contributed by atoms with E-state index in [-0.39, 0.29) is 6.10 Å². The molecule has 1 heterocycles. The lowest BCUT2D eigenvalue weighted by molar-refractivity contribution is -0.0488. The fraction of sp³-hybridized carbons (Fsp3) is 0.600. The molecule has 0 bridgehead atoms. The Labute approximate surface area is 136 Å². The van der Waals surface area contributed by atoms with E-state index in [1.54, 1.807) is 18.2 Å². The zero-order valence-corrected chi connectivity index (χ0v) is 13.9. The summed E-state index contributed by atoms with van der Waals surface area (Å²) in [6.45, 7) is 3.74. The van der Waals surface area contributed by atoms with Crippen LogP contribution in [0.2, 0.25) is 10.0 Å². The SMILES string of the molecule is CN(C)C[C@@H]1CN(C[C@@H](O)c2cc(Cl)ccc2Cl)CCO1. The highest BCUT2D eigenvalue weighted by Gasteiger charge is 2.24. The van der Waals surface area contributed by atoms with Crippen LogP contribution in [0.15, 0.2) is 18.2 Å². The quantitative estimate of drug-likeness (QED) is 0.897. The molecule has 0 radical (unpaired) electrons. The van der Waals surface area contributed by atoms with Crippen molar-refractivity contribution in [3.63, 3.8) is 0 Å². The van der Waals surface area contributed by atoms with Crippen LogP contribution in [-0.2, 0) is 4.74 Å². The molecule has 2 rings (SSSR count). The van der Waals surface area contributed by atoms with Crippen LogP contribution >= 0.6 is 23.2 Å². The molecule has 1 aliphatic heterocycles. The van der Waals surface area contributed by atoms with Gasteiger partial charge in [0, 0.05) is 41.8 Å². The molecule has 1 aliphatic rings. The highest BCUT2D eigenvalue weighted by atomic mass is 35.5. The first kappa shape index (κ1) is 17.0. The van der Waals surface area contributed by atoms with Crippen molar-refractivity contribution in [2.24, 2.45) is 0 Å². The van der Waals surface area contributed by atoms with Crippen molar-refractivity contribution >= 4 is 23.2 Å². The third-order valence-electron chi connectivity index (χ3n) is 3.54. The molecular weight excluding hydrogens is 311 g/mol. The van der Waals surface area contributed by atoms with E-state index in [1.807, 2.05) is 14.1 Å². The minimum absolute atomic E-state index is 0.177. The van der Waals surface area contributed by atoms with Gasteiger partial charge in [0.05, 0.1) is 18.8 Å². The summed E-state index contributed by atoms with van der Waals surface area (Å²) in [5, 5.41) is 11.5. The molecular formula is C15H22Cl2N2O2. The van der Waals surface area contributed by atoms with Crippen LogP contribution in [0.25, 0.3) is 0 Å². The van der Waals surface area contributed by atoms with Crippen LogP contribution in [0.4, 0.5) is 0 Å². The first-order chi connectivity index (χ1) is 9.95. The molecule has 1 saturated heterocycles. The Kier molecular flexibility index (Phi) is 6.29. The number of halogens is 2. The predicted octanol–water partition coefficient (Wildman–Crippen LogP) is 2.29. The maximum Gasteiger partial charge on any atom is 0.0931 e. The first-order valence-corrected chi connectivity index (χ1v) is 7.83. The van der Waals surface area contributed by atoms with E-state index >= 15 is 0 Å². The zero-order chi connectivity index (χ0) is 15.4. The lowest BCUT2D eigenvalue weighted by atomic mass is 10.1. The summed E-state index contributed by atoms with van der Waals surface area (Å²) >= 11 is 12.1. The van der Waals surface area contributed by atoms with Crippen LogP contribution in [-0.4, -0.2) is 67.9 Å². The van der Waals surface area contributed by atoms with Crippen LogP contribution in [0.5, 0.6) is 0 Å². The lowest BCUT2D eigenvalue weighted by Crippen LogP contribution is -2.47. The van der Waals surface area contributed by atoms with Crippen LogP contribution < -0.4 is 0 Å². The van der Waals surface area contributed by atoms with Gasteiger partial charge in [0.2, 0.25) is 0 Å². The number of benzene rings is 1. The molecule has 0 spiro atoms. The topological polar surface area (TPSA) is 35.9 Å². The number of aliphatic hydroxyl groups excluding tert-OH is 1. The van der Waals surface area contributed by atoms with Gasteiger partial charge in [0.15, 0.2) is 0 Å². The second-order valence-electron chi connectivity index (χ2n) is 5.70. The Morgan fingerprint density at radius 1 is 1.43 bits per heavy atom. The van der Waals surface area contributed by atoms with E-state index in [4.69, 9.17) is 27.9 Å². The second-order valence-corrected chi connectivity index (χ2v) is 6.54. The summed E-state index contributed by atoms with van der Waals surface area (Å²) in [4.78, 5) is 4.32. The number of morpholine rings is 1. The highest BCUT2D eigenvalue weighted by molar-refractivity contribution is 6.33. The molecule has 0 saturated carbocycles. The first-order valence-electron chi connectivity index (χ1n) is 7.07. The molecule has 2 atom stereocenters. The minimum Gasteiger partial charge on any atom is -0.387 e. The molecule has 21 heavy (non-hydrogen) atoms. The molecule has 118 valence electrons. The maximum absolute atomic E-state index is 10.4. The smallest absolute Gasteiger partial charge is 0.0931 e. The van der Waals surface area contributed by atoms with Gasteiger partial charge in [-0.2, -0.15) is 0 Å². The van der Waals surface area contributed by atoms with Crippen LogP contribution in [0.1, 0.15) is 11.7 Å². The summed E-state index contributed by atoms with van der Waals surface area (Å²) in [5.74, 6) is 0. The monoisotopic (exact) mass is 332 g/mol. The van der Waals surface area contributed by atoms with Crippen molar-refractivity contribution in [2.75, 3.05) is 46.9 Å². The average molecular weight is 333 g/mol. The lowest BCUT2D eigenvalue weighted by Gasteiger charge is -2.35. The van der Waals surface area contributed by atoms with Crippen molar-refractivity contribution in [3.8, 4) is 0 Å². The molecule has 1 fully saturated rings. The molecule has 1 aromatic carbocycles. The van der Waals surface area contributed by atoms with Gasteiger partial charge in [0.25, 0.3) is 0 Å². The Morgan fingerprint density at radius 3 is 2.90 bits per heavy atom. The van der Waals surface area contributed by atoms with E-state index in [2.05, 4.69) is 9.80 Å². The standard InChI is InChI=1S/C15H22Cl2N2O2/c1-18(2)8-12-9-19(5-6-21-12)10-15(20)13-7-11(16)3-4-14(13)17/h3-4,7,12,15,20H,5-6,8-10H2,1-2H3/t12-,15-/m1/s1. The number of β-amino-alcohol motifs (C(OH)–C–C–N with tert-alkyl or cyclic N) is 1. The van der Waals surface area contributed by atoms with E-state index in [1.165, 1.54) is 0 Å². The summed E-state index contributed by atoms with van der Waals surface area (Å²) in [5.41, 5.74) is 0.680. The maximum atomic E-state index is 10.4. The Hall–Kier alpha value is -0.360. The number of rotatable bonds is 5. The van der Waals surface area contributed by atoms with Crippen molar-refractivity contribution in [3.05, 3.63) is 33.8 Å². The van der Waals surface area contributed by atoms with Crippen molar-refractivity contribution < 1.29 is 9.84 Å². The normalized spacial score (nSPS) is 21.7. The van der Waals surface area contributed by atoms with Gasteiger partial charge in [-0.15, -0.1) is 0 Å². The molecule has 6 heteroatoms. The summed E-state index contributed by atoms with van der Waals surface area (Å²) in [6, 6.07) is 5.17. The third kappa shape index (κ3) is 5.09. The molecule has 0 aromatic heterocycles. The molecule has 0 amide bonds. The highest BCUT2D eigenvalue weighted by Crippen LogP contribution is 2.27. The van der Waals surface area contributed by atoms with Gasteiger partial charge in [0.1, 0.15) is 0 Å². The Balaban J connectivity index is 1.95. The van der Waals surface area contributed by atoms with Gasteiger partial charge in [-0.25, -0.2) is 0 Å². The van der Waals surface area contributed by atoms with Gasteiger partial charge in [-0.1, -0.05) is 23.2 Å². The van der Waals surface area contributed by atoms with Crippen molar-refractivity contribution in [1.82, 2.24) is 9.80 Å². The van der Waals surface area contributed by atoms with E-state index in [9.17, 15) is 5.11 Å². The fourth-order valence-corrected chi connectivity index (χ4v) is 3.00. The predicted molar refractivity (Wildman–Crippen MR) is 86.2 cm³/mol. The molecule has 0 unspecified atom stereocenters. The number of aliphatic hydroxyl groups is 1. The Morgan fingerprint density at radius 2 is 2.19 bits per heavy atom. The number of likely N-dealkylation sites (N-methyl/N-ethyl adjacent to an activating group) is 1. The number of hydrogen-bond acceptors (Lipinski definition) is 4. The Bertz CT molecular complexity index is 471. The van der Waals surface area contributed by atoms with Crippen LogP contribution in [0, 0.1) is 0 Å². The largest absolute Gasteiger partial charge is 0.387 e. The number of nitrogens with zero attached hydrogens (tertiary/aromatic N) is 2. The third-order valence-corrected chi connectivity index (χ3v) is 4.12. The molecule has 1 N–H and O–H groups in total. The van der Waals surface area contributed by atoms with E-state index < -0.39 is 6.10 Å². The second kappa shape index (κ2) is 7.77. The molecule has 1 aromatic rings. The molecule has 0 aliphatic carbocycles. The van der Waals surface area contributed by atoms with Gasteiger partial charge >= 0.3 is 0 Å². The zero-order valence-electron chi connectivity index (χ0n) is 12.4. The number of hydrogen-bond donors (Lipinski definition) is 1. The van der Waals surface area contributed by atoms with Gasteiger partial charge < -0.3 is 14.7 Å². The average Bonchev–Trinajstić information content (AvgIpc) is 2.41. The van der Waals surface area contributed by atoms with E-state index in [0.717, 1.165) is 19.6 Å². The summed E-state index contributed by atoms with van der Waals surface area (Å²) in [6.07, 6.45) is -0.468. The van der Waals surface area contributed by atoms with Gasteiger partial charge in [-0.05, 0) is 32.3 Å². The fourth-order valence-electron chi connectivity index (χ4n) is 2.58. The summed E-state index contributed by atoms with van der Waals surface area (Å²) in [7, 11) is 4.06. The van der Waals surface area contributed by atoms with Crippen molar-refractivity contribution in [1.29, 1.82) is 0 Å². The van der Waals surface area contributed by atoms with Gasteiger partial charge in [-0.3, -0.25) is 4.90 Å². The van der Waals surface area contributed by atoms with Crippen molar-refractivity contribution in [2.45, 2.75) is 12.2 Å². The number of ether oxygens (including phenoxy) is 1. The summed E-state index contributed by atoms with van der Waals surface area (Å²) < 4.78 is 5.74. The van der Waals surface area contributed by atoms with E-state index in [0.29, 0.717) is 28.8 Å². The molecule has 4 nitrogen and oxygen atoms in total.